The Labute approximate surface area is 166 Å². The minimum atomic E-state index is -0.0231. The number of pyridine rings is 1. The van der Waals surface area contributed by atoms with Crippen LogP contribution in [0.5, 0.6) is 0 Å². The van der Waals surface area contributed by atoms with E-state index >= 15 is 0 Å². The third kappa shape index (κ3) is 3.31. The van der Waals surface area contributed by atoms with Crippen molar-refractivity contribution in [3.8, 4) is 0 Å². The van der Waals surface area contributed by atoms with Crippen molar-refractivity contribution >= 4 is 39.0 Å². The lowest BCUT2D eigenvalue weighted by molar-refractivity contribution is -0.130. The van der Waals surface area contributed by atoms with Crippen LogP contribution in [-0.4, -0.2) is 27.4 Å². The summed E-state index contributed by atoms with van der Waals surface area (Å²) in [5.41, 5.74) is 2.45. The van der Waals surface area contributed by atoms with Crippen LogP contribution in [0.15, 0.2) is 58.7 Å². The van der Waals surface area contributed by atoms with E-state index in [0.717, 1.165) is 28.2 Å². The molecule has 0 radical (unpaired) electrons. The van der Waals surface area contributed by atoms with Gasteiger partial charge in [-0.1, -0.05) is 31.2 Å². The zero-order valence-electron chi connectivity index (χ0n) is 15.9. The molecule has 2 aromatic carbocycles. The Morgan fingerprint density at radius 3 is 2.25 bits per heavy atom. The molecule has 1 amide bonds. The van der Waals surface area contributed by atoms with E-state index in [-0.39, 0.29) is 17.9 Å². The molecule has 5 nitrogen and oxygen atoms in total. The third-order valence-corrected chi connectivity index (χ3v) is 5.94. The molecule has 0 atom stereocenters. The second kappa shape index (κ2) is 7.56. The lowest BCUT2D eigenvalue weighted by atomic mass is 10.1. The van der Waals surface area contributed by atoms with Crippen LogP contribution >= 0.6 is 11.3 Å². The van der Waals surface area contributed by atoms with Crippen molar-refractivity contribution in [3.63, 3.8) is 0 Å². The number of aryl methyl sites for hydroxylation is 1. The Hall–Kier alpha value is -2.99. The van der Waals surface area contributed by atoms with Crippen LogP contribution in [-0.2, 0) is 24.3 Å². The molecule has 0 N–H and O–H groups in total. The Balaban J connectivity index is 1.71. The number of rotatable bonds is 5. The van der Waals surface area contributed by atoms with E-state index in [9.17, 15) is 9.59 Å². The lowest BCUT2D eigenvalue weighted by Crippen LogP contribution is -2.30. The minimum Gasteiger partial charge on any atom is -0.338 e. The summed E-state index contributed by atoms with van der Waals surface area (Å²) in [6, 6.07) is 14.9. The van der Waals surface area contributed by atoms with E-state index < -0.39 is 0 Å². The van der Waals surface area contributed by atoms with Crippen molar-refractivity contribution in [1.82, 2.24) is 14.5 Å². The summed E-state index contributed by atoms with van der Waals surface area (Å²) in [5, 5.41) is 4.34. The molecule has 0 saturated heterocycles. The van der Waals surface area contributed by atoms with Crippen molar-refractivity contribution in [2.24, 2.45) is 0 Å². The maximum Gasteiger partial charge on any atom is 0.242 e. The molecule has 0 bridgehead atoms. The van der Waals surface area contributed by atoms with Crippen LogP contribution in [0.3, 0.4) is 0 Å². The van der Waals surface area contributed by atoms with Crippen molar-refractivity contribution < 1.29 is 4.79 Å². The first-order valence-corrected chi connectivity index (χ1v) is 10.1. The molecular weight excluding hydrogens is 370 g/mol. The molecule has 4 aromatic rings. The van der Waals surface area contributed by atoms with Gasteiger partial charge in [-0.3, -0.25) is 9.59 Å². The van der Waals surface area contributed by atoms with Crippen molar-refractivity contribution in [2.45, 2.75) is 26.4 Å². The van der Waals surface area contributed by atoms with Crippen LogP contribution in [0.25, 0.3) is 21.8 Å². The predicted octanol–water partition coefficient (Wildman–Crippen LogP) is 3.83. The standard InChI is InChI=1S/C22H21N3O2S/c1-3-20-23-15(14-28-20)12-24(2)21(26)13-25-18-10-6-4-8-16(18)22(27)17-9-5-7-11-19(17)25/h4-11,14H,3,12-13H2,1-2H3. The van der Waals surface area contributed by atoms with E-state index in [4.69, 9.17) is 0 Å². The topological polar surface area (TPSA) is 55.2 Å². The van der Waals surface area contributed by atoms with Gasteiger partial charge in [0.05, 0.1) is 28.3 Å². The van der Waals surface area contributed by atoms with E-state index in [0.29, 0.717) is 17.3 Å². The van der Waals surface area contributed by atoms with Crippen molar-refractivity contribution in [3.05, 3.63) is 74.8 Å². The Kier molecular flexibility index (Phi) is 4.96. The quantitative estimate of drug-likeness (QED) is 0.486. The monoisotopic (exact) mass is 391 g/mol. The summed E-state index contributed by atoms with van der Waals surface area (Å²) in [6.07, 6.45) is 0.900. The molecule has 2 aromatic heterocycles. The van der Waals surface area contributed by atoms with Crippen LogP contribution in [0.1, 0.15) is 17.6 Å². The molecule has 6 heteroatoms. The molecular formula is C22H21N3O2S. The average molecular weight is 391 g/mol. The third-order valence-electron chi connectivity index (χ3n) is 4.90. The van der Waals surface area contributed by atoms with Crippen molar-refractivity contribution in [1.29, 1.82) is 0 Å². The van der Waals surface area contributed by atoms with Gasteiger partial charge in [0.2, 0.25) is 5.91 Å². The summed E-state index contributed by atoms with van der Waals surface area (Å²) in [4.78, 5) is 32.0. The molecule has 0 aliphatic heterocycles. The number of fused-ring (bicyclic) bond motifs is 2. The number of carbonyl (C=O) groups excluding carboxylic acids is 1. The summed E-state index contributed by atoms with van der Waals surface area (Å²) in [6.45, 7) is 2.72. The highest BCUT2D eigenvalue weighted by atomic mass is 32.1. The smallest absolute Gasteiger partial charge is 0.242 e. The summed E-state index contributed by atoms with van der Waals surface area (Å²) in [5.74, 6) is -0.0231. The number of benzene rings is 2. The number of thiazole rings is 1. The molecule has 0 saturated carbocycles. The lowest BCUT2D eigenvalue weighted by Gasteiger charge is -2.20. The van der Waals surface area contributed by atoms with Gasteiger partial charge in [-0.15, -0.1) is 11.3 Å². The Morgan fingerprint density at radius 1 is 1.07 bits per heavy atom. The summed E-state index contributed by atoms with van der Waals surface area (Å²) >= 11 is 1.62. The van der Waals surface area contributed by atoms with Gasteiger partial charge in [0.25, 0.3) is 0 Å². The van der Waals surface area contributed by atoms with Crippen LogP contribution in [0.2, 0.25) is 0 Å². The van der Waals surface area contributed by atoms with Gasteiger partial charge in [-0.2, -0.15) is 0 Å². The Morgan fingerprint density at radius 2 is 1.68 bits per heavy atom. The first kappa shape index (κ1) is 18.4. The van der Waals surface area contributed by atoms with E-state index in [2.05, 4.69) is 11.9 Å². The first-order valence-electron chi connectivity index (χ1n) is 9.26. The van der Waals surface area contributed by atoms with Gasteiger partial charge in [-0.05, 0) is 30.7 Å². The maximum atomic E-state index is 13.0. The minimum absolute atomic E-state index is 0.00202. The van der Waals surface area contributed by atoms with Crippen LogP contribution in [0, 0.1) is 0 Å². The number of hydrogen-bond donors (Lipinski definition) is 0. The van der Waals surface area contributed by atoms with Gasteiger partial charge < -0.3 is 9.47 Å². The molecule has 4 rings (SSSR count). The molecule has 0 aliphatic carbocycles. The Bertz CT molecular complexity index is 1170. The molecule has 0 unspecified atom stereocenters. The molecule has 0 fully saturated rings. The molecule has 0 spiro atoms. The van der Waals surface area contributed by atoms with Gasteiger partial charge in [0.1, 0.15) is 6.54 Å². The molecule has 0 aliphatic rings. The molecule has 142 valence electrons. The van der Waals surface area contributed by atoms with Crippen molar-refractivity contribution in [2.75, 3.05) is 7.05 Å². The SMILES string of the molecule is CCc1nc(CN(C)C(=O)Cn2c3ccccc3c(=O)c3ccccc32)cs1. The summed E-state index contributed by atoms with van der Waals surface area (Å²) in [7, 11) is 1.79. The molecule has 28 heavy (non-hydrogen) atoms. The second-order valence-corrected chi connectivity index (χ2v) is 7.73. The van der Waals surface area contributed by atoms with E-state index in [1.165, 1.54) is 0 Å². The van der Waals surface area contributed by atoms with Gasteiger partial charge in [-0.25, -0.2) is 4.98 Å². The number of hydrogen-bond acceptors (Lipinski definition) is 4. The summed E-state index contributed by atoms with van der Waals surface area (Å²) < 4.78 is 1.93. The van der Waals surface area contributed by atoms with Gasteiger partial charge in [0, 0.05) is 23.2 Å². The zero-order chi connectivity index (χ0) is 19.7. The number of likely N-dealkylation sites (N-methyl/N-ethyl adjacent to an activating group) is 1. The number of para-hydroxylation sites is 2. The molecule has 2 heterocycles. The number of nitrogens with zero attached hydrogens (tertiary/aromatic N) is 3. The van der Waals surface area contributed by atoms with Crippen LogP contribution < -0.4 is 5.43 Å². The fourth-order valence-corrected chi connectivity index (χ4v) is 4.15. The van der Waals surface area contributed by atoms with E-state index in [1.54, 1.807) is 23.3 Å². The highest BCUT2D eigenvalue weighted by Crippen LogP contribution is 2.19. The zero-order valence-corrected chi connectivity index (χ0v) is 16.7. The number of carbonyl (C=O) groups is 1. The highest BCUT2D eigenvalue weighted by molar-refractivity contribution is 7.09. The van der Waals surface area contributed by atoms with Gasteiger partial charge in [0.15, 0.2) is 5.43 Å². The average Bonchev–Trinajstić information content (AvgIpc) is 3.18. The van der Waals surface area contributed by atoms with Crippen LogP contribution in [0.4, 0.5) is 0 Å². The van der Waals surface area contributed by atoms with Gasteiger partial charge >= 0.3 is 0 Å². The normalized spacial score (nSPS) is 11.2. The first-order chi connectivity index (χ1) is 13.6. The largest absolute Gasteiger partial charge is 0.338 e. The van der Waals surface area contributed by atoms with E-state index in [1.807, 2.05) is 58.5 Å². The highest BCUT2D eigenvalue weighted by Gasteiger charge is 2.16. The maximum absolute atomic E-state index is 13.0. The fourth-order valence-electron chi connectivity index (χ4n) is 3.42. The predicted molar refractivity (Wildman–Crippen MR) is 114 cm³/mol. The fraction of sp³-hybridized carbons (Fsp3) is 0.227. The number of aromatic nitrogens is 2. The number of amides is 1. The second-order valence-electron chi connectivity index (χ2n) is 6.79.